The Morgan fingerprint density at radius 2 is 1.95 bits per heavy atom. The van der Waals surface area contributed by atoms with Crippen molar-refractivity contribution >= 4 is 5.91 Å². The van der Waals surface area contributed by atoms with Gasteiger partial charge in [0, 0.05) is 12.7 Å². The molecule has 0 bridgehead atoms. The summed E-state index contributed by atoms with van der Waals surface area (Å²) in [6.07, 6.45) is 4.08. The van der Waals surface area contributed by atoms with Gasteiger partial charge in [0.25, 0.3) is 5.91 Å². The highest BCUT2D eigenvalue weighted by Crippen LogP contribution is 2.33. The Bertz CT molecular complexity index is 658. The minimum atomic E-state index is -0.618. The summed E-state index contributed by atoms with van der Waals surface area (Å²) in [4.78, 5) is 17.8. The maximum absolute atomic E-state index is 13.7. The molecular formula is C16H14F2N2O. The molecule has 1 saturated heterocycles. The summed E-state index contributed by atoms with van der Waals surface area (Å²) in [5, 5.41) is 0. The molecule has 2 aromatic rings. The number of carbonyl (C=O) groups excluding carboxylic acids is 1. The lowest BCUT2D eigenvalue weighted by Gasteiger charge is -2.25. The summed E-state index contributed by atoms with van der Waals surface area (Å²) in [7, 11) is 0. The van der Waals surface area contributed by atoms with Gasteiger partial charge in [-0.15, -0.1) is 0 Å². The minimum Gasteiger partial charge on any atom is -0.332 e. The average Bonchev–Trinajstić information content (AvgIpc) is 2.97. The Balaban J connectivity index is 1.89. The molecule has 108 valence electrons. The number of hydrogen-bond donors (Lipinski definition) is 0. The zero-order valence-electron chi connectivity index (χ0n) is 11.3. The number of pyridine rings is 1. The van der Waals surface area contributed by atoms with Crippen LogP contribution in [0.5, 0.6) is 0 Å². The minimum absolute atomic E-state index is 0.0269. The molecule has 0 N–H and O–H groups in total. The second kappa shape index (κ2) is 5.60. The maximum atomic E-state index is 13.7. The second-order valence-corrected chi connectivity index (χ2v) is 5.06. The van der Waals surface area contributed by atoms with Crippen molar-refractivity contribution in [1.82, 2.24) is 9.88 Å². The van der Waals surface area contributed by atoms with E-state index in [0.29, 0.717) is 6.54 Å². The van der Waals surface area contributed by atoms with E-state index in [1.54, 1.807) is 17.0 Å². The van der Waals surface area contributed by atoms with Crippen LogP contribution in [-0.4, -0.2) is 22.3 Å². The zero-order chi connectivity index (χ0) is 14.8. The van der Waals surface area contributed by atoms with Gasteiger partial charge >= 0.3 is 0 Å². The van der Waals surface area contributed by atoms with E-state index >= 15 is 0 Å². The molecule has 0 saturated carbocycles. The molecule has 0 radical (unpaired) electrons. The van der Waals surface area contributed by atoms with Crippen molar-refractivity contribution in [1.29, 1.82) is 0 Å². The fourth-order valence-electron chi connectivity index (χ4n) is 2.74. The summed E-state index contributed by atoms with van der Waals surface area (Å²) in [5.41, 5.74) is 0.899. The third kappa shape index (κ3) is 2.63. The predicted molar refractivity (Wildman–Crippen MR) is 73.6 cm³/mol. The van der Waals surface area contributed by atoms with Crippen molar-refractivity contribution in [3.8, 4) is 0 Å². The molecular weight excluding hydrogens is 274 g/mol. The van der Waals surface area contributed by atoms with Crippen LogP contribution >= 0.6 is 0 Å². The highest BCUT2D eigenvalue weighted by Gasteiger charge is 2.31. The highest BCUT2D eigenvalue weighted by atomic mass is 19.1. The first-order valence-electron chi connectivity index (χ1n) is 6.83. The number of amides is 1. The van der Waals surface area contributed by atoms with Gasteiger partial charge in [0.05, 0.1) is 17.8 Å². The number of likely N-dealkylation sites (tertiary alicyclic amines) is 1. The molecule has 3 rings (SSSR count). The summed E-state index contributed by atoms with van der Waals surface area (Å²) in [6.45, 7) is 0.572. The van der Waals surface area contributed by atoms with E-state index in [9.17, 15) is 13.6 Å². The topological polar surface area (TPSA) is 33.2 Å². The molecule has 21 heavy (non-hydrogen) atoms. The normalized spacial score (nSPS) is 18.0. The van der Waals surface area contributed by atoms with Crippen LogP contribution in [-0.2, 0) is 0 Å². The lowest BCUT2D eigenvalue weighted by molar-refractivity contribution is 0.0730. The van der Waals surface area contributed by atoms with E-state index < -0.39 is 5.82 Å². The van der Waals surface area contributed by atoms with E-state index in [2.05, 4.69) is 4.98 Å². The van der Waals surface area contributed by atoms with E-state index in [4.69, 9.17) is 0 Å². The van der Waals surface area contributed by atoms with Crippen LogP contribution in [0.25, 0.3) is 0 Å². The molecule has 1 aliphatic rings. The van der Waals surface area contributed by atoms with Crippen molar-refractivity contribution in [2.75, 3.05) is 6.54 Å². The van der Waals surface area contributed by atoms with Crippen molar-refractivity contribution < 1.29 is 13.6 Å². The Hall–Kier alpha value is -2.30. The van der Waals surface area contributed by atoms with Crippen LogP contribution in [0.15, 0.2) is 42.7 Å². The Morgan fingerprint density at radius 3 is 2.67 bits per heavy atom. The number of halogens is 2. The van der Waals surface area contributed by atoms with Crippen molar-refractivity contribution in [3.05, 3.63) is 65.5 Å². The molecule has 1 aliphatic heterocycles. The van der Waals surface area contributed by atoms with Crippen LogP contribution in [0, 0.1) is 11.6 Å². The zero-order valence-corrected chi connectivity index (χ0v) is 11.3. The highest BCUT2D eigenvalue weighted by molar-refractivity contribution is 5.94. The lowest BCUT2D eigenvalue weighted by Crippen LogP contribution is -2.31. The van der Waals surface area contributed by atoms with E-state index in [1.807, 2.05) is 0 Å². The molecule has 3 nitrogen and oxygen atoms in total. The molecule has 2 heterocycles. The first kappa shape index (κ1) is 13.7. The first-order valence-corrected chi connectivity index (χ1v) is 6.83. The van der Waals surface area contributed by atoms with Gasteiger partial charge in [0.1, 0.15) is 5.82 Å². The number of aromatic nitrogens is 1. The largest absolute Gasteiger partial charge is 0.332 e. The monoisotopic (exact) mass is 288 g/mol. The van der Waals surface area contributed by atoms with Crippen molar-refractivity contribution in [3.63, 3.8) is 0 Å². The third-order valence-corrected chi connectivity index (χ3v) is 3.77. The smallest absolute Gasteiger partial charge is 0.257 e. The lowest BCUT2D eigenvalue weighted by atomic mass is 10.0. The van der Waals surface area contributed by atoms with E-state index in [-0.39, 0.29) is 23.3 Å². The van der Waals surface area contributed by atoms with Crippen LogP contribution in [0.2, 0.25) is 0 Å². The molecule has 5 heteroatoms. The van der Waals surface area contributed by atoms with Gasteiger partial charge in [0.2, 0.25) is 0 Å². The molecule has 1 fully saturated rings. The van der Waals surface area contributed by atoms with Crippen LogP contribution < -0.4 is 0 Å². The molecule has 1 aromatic heterocycles. The van der Waals surface area contributed by atoms with Gasteiger partial charge in [-0.25, -0.2) is 8.78 Å². The van der Waals surface area contributed by atoms with Gasteiger partial charge < -0.3 is 4.90 Å². The number of carbonyl (C=O) groups is 1. The molecule has 0 aliphatic carbocycles. The summed E-state index contributed by atoms with van der Waals surface area (Å²) < 4.78 is 26.7. The summed E-state index contributed by atoms with van der Waals surface area (Å²) in [6, 6.07) is 7.36. The maximum Gasteiger partial charge on any atom is 0.257 e. The molecule has 1 aromatic carbocycles. The molecule has 1 amide bonds. The Kier molecular flexibility index (Phi) is 3.64. The van der Waals surface area contributed by atoms with Gasteiger partial charge in [-0.2, -0.15) is 0 Å². The van der Waals surface area contributed by atoms with Crippen LogP contribution in [0.4, 0.5) is 8.78 Å². The third-order valence-electron chi connectivity index (χ3n) is 3.77. The van der Waals surface area contributed by atoms with Gasteiger partial charge in [-0.3, -0.25) is 9.78 Å². The average molecular weight is 288 g/mol. The molecule has 0 unspecified atom stereocenters. The Morgan fingerprint density at radius 1 is 1.19 bits per heavy atom. The predicted octanol–water partition coefficient (Wildman–Crippen LogP) is 3.34. The van der Waals surface area contributed by atoms with Crippen molar-refractivity contribution in [2.45, 2.75) is 18.9 Å². The number of nitrogens with zero attached hydrogens (tertiary/aromatic N) is 2. The standard InChI is InChI=1S/C16H14F2N2O/c17-12-5-3-11(4-6-12)15-2-1-9-20(15)16(21)13-7-8-19-10-14(13)18/h3-8,10,15H,1-2,9H2/t15-/m0/s1. The second-order valence-electron chi connectivity index (χ2n) is 5.06. The van der Waals surface area contributed by atoms with E-state index in [1.165, 1.54) is 24.4 Å². The van der Waals surface area contributed by atoms with Gasteiger partial charge in [-0.1, -0.05) is 12.1 Å². The summed E-state index contributed by atoms with van der Waals surface area (Å²) in [5.74, 6) is -1.27. The number of rotatable bonds is 2. The van der Waals surface area contributed by atoms with Crippen LogP contribution in [0.1, 0.15) is 34.8 Å². The number of benzene rings is 1. The van der Waals surface area contributed by atoms with E-state index in [0.717, 1.165) is 24.6 Å². The fraction of sp³-hybridized carbons (Fsp3) is 0.250. The quantitative estimate of drug-likeness (QED) is 0.849. The molecule has 1 atom stereocenters. The SMILES string of the molecule is O=C(c1ccncc1F)N1CCC[C@H]1c1ccc(F)cc1. The van der Waals surface area contributed by atoms with Crippen molar-refractivity contribution in [2.24, 2.45) is 0 Å². The molecule has 0 spiro atoms. The summed E-state index contributed by atoms with van der Waals surface area (Å²) >= 11 is 0. The van der Waals surface area contributed by atoms with Crippen LogP contribution in [0.3, 0.4) is 0 Å². The Labute approximate surface area is 121 Å². The van der Waals surface area contributed by atoms with Gasteiger partial charge in [0.15, 0.2) is 5.82 Å². The van der Waals surface area contributed by atoms with Gasteiger partial charge in [-0.05, 0) is 36.6 Å². The number of hydrogen-bond acceptors (Lipinski definition) is 2. The fourth-order valence-corrected chi connectivity index (χ4v) is 2.74. The first-order chi connectivity index (χ1) is 10.2.